The molecular formula is C100H118N2O36. The normalized spacial score (nSPS) is 31.0. The number of ketones is 2. The molecule has 6 aromatic carbocycles. The molecule has 4 bridgehead atoms. The van der Waals surface area contributed by atoms with Gasteiger partial charge in [0.25, 0.3) is 11.8 Å². The number of amides is 2. The van der Waals surface area contributed by atoms with Gasteiger partial charge in [-0.1, -0.05) is 161 Å². The first-order valence-corrected chi connectivity index (χ1v) is 45.0. The zero-order chi connectivity index (χ0) is 100. The van der Waals surface area contributed by atoms with Crippen molar-refractivity contribution >= 4 is 59.2 Å². The van der Waals surface area contributed by atoms with Crippen LogP contribution in [-0.4, -0.2) is 295 Å². The molecule has 8 aliphatic rings. The number of nitrogens with one attached hydrogen (secondary N) is 2. The number of fused-ring (bicyclic) bond motifs is 10. The van der Waals surface area contributed by atoms with Crippen LogP contribution >= 0.6 is 0 Å². The fraction of sp³-hybridized carbons (Fsp3) is 0.500. The molecule has 138 heavy (non-hydrogen) atoms. The number of ether oxygens (including phenoxy) is 14. The van der Waals surface area contributed by atoms with Crippen molar-refractivity contribution in [2.24, 2.45) is 33.5 Å². The molecule has 38 nitrogen and oxygen atoms in total. The molecule has 2 aliphatic heterocycles. The Balaban J connectivity index is 0.000000233. The van der Waals surface area contributed by atoms with E-state index >= 15 is 9.59 Å². The molecule has 38 heteroatoms. The second-order valence-electron chi connectivity index (χ2n) is 37.4. The van der Waals surface area contributed by atoms with Crippen molar-refractivity contribution in [2.75, 3.05) is 40.6 Å². The monoisotopic (exact) mass is 1920 g/mol. The molecule has 26 atom stereocenters. The quantitative estimate of drug-likeness (QED) is 0.0124. The van der Waals surface area contributed by atoms with E-state index in [1.807, 2.05) is 0 Å². The summed E-state index contributed by atoms with van der Waals surface area (Å²) in [5, 5.41) is 143. The third kappa shape index (κ3) is 19.7. The average Bonchev–Trinajstić information content (AvgIpc) is 0.670. The molecule has 6 fully saturated rings. The summed E-state index contributed by atoms with van der Waals surface area (Å²) in [5.41, 5.74) is -15.7. The summed E-state index contributed by atoms with van der Waals surface area (Å²) in [6, 6.07) is 45.1. The highest BCUT2D eigenvalue weighted by atomic mass is 16.8. The van der Waals surface area contributed by atoms with Crippen molar-refractivity contribution < 1.29 is 176 Å². The van der Waals surface area contributed by atoms with Crippen LogP contribution in [0, 0.1) is 33.5 Å². The van der Waals surface area contributed by atoms with Gasteiger partial charge in [-0.15, -0.1) is 0 Å². The van der Waals surface area contributed by atoms with Crippen LogP contribution in [0.4, 0.5) is 0 Å². The third-order valence-corrected chi connectivity index (χ3v) is 28.8. The number of esters is 6. The first-order chi connectivity index (χ1) is 65.2. The largest absolute Gasteiger partial charge is 0.456 e. The maximum absolute atomic E-state index is 15.7. The van der Waals surface area contributed by atoms with Crippen LogP contribution in [0.1, 0.15) is 160 Å². The molecule has 2 heterocycles. The number of rotatable bonds is 32. The highest BCUT2D eigenvalue weighted by Crippen LogP contribution is 2.68. The third-order valence-electron chi connectivity index (χ3n) is 28.8. The van der Waals surface area contributed by atoms with Gasteiger partial charge in [-0.2, -0.15) is 0 Å². The summed E-state index contributed by atoms with van der Waals surface area (Å²) in [7, 11) is 2.27. The van der Waals surface area contributed by atoms with E-state index in [-0.39, 0.29) is 57.4 Å². The number of hydrogen-bond acceptors (Lipinski definition) is 36. The van der Waals surface area contributed by atoms with E-state index in [2.05, 4.69) is 10.6 Å². The predicted molar refractivity (Wildman–Crippen MR) is 476 cm³/mol. The maximum atomic E-state index is 15.7. The Bertz CT molecular complexity index is 5460. The smallest absolute Gasteiger partial charge is 0.338 e. The molecule has 6 aromatic rings. The molecule has 2 saturated heterocycles. The maximum Gasteiger partial charge on any atom is 0.338 e. The minimum absolute atomic E-state index is 0.00696. The Labute approximate surface area is 793 Å². The van der Waals surface area contributed by atoms with Gasteiger partial charge >= 0.3 is 35.8 Å². The van der Waals surface area contributed by atoms with E-state index in [0.717, 1.165) is 21.0 Å². The first-order valence-electron chi connectivity index (χ1n) is 45.0. The molecular weight excluding hydrogens is 1810 g/mol. The summed E-state index contributed by atoms with van der Waals surface area (Å²) in [4.78, 5) is 143. The van der Waals surface area contributed by atoms with Gasteiger partial charge in [-0.25, -0.2) is 19.2 Å². The van der Waals surface area contributed by atoms with E-state index in [0.29, 0.717) is 11.1 Å². The van der Waals surface area contributed by atoms with E-state index in [4.69, 9.17) is 66.3 Å². The summed E-state index contributed by atoms with van der Waals surface area (Å²) >= 11 is 0. The van der Waals surface area contributed by atoms with E-state index in [1.165, 1.54) is 86.8 Å². The summed E-state index contributed by atoms with van der Waals surface area (Å²) in [6.07, 6.45) is -34.5. The zero-order valence-corrected chi connectivity index (χ0v) is 77.8. The zero-order valence-electron chi connectivity index (χ0n) is 77.8. The van der Waals surface area contributed by atoms with Crippen LogP contribution in [0.25, 0.3) is 0 Å². The number of Topliss-reactive ketones (excluding diaryl/α,β-unsaturated/α-hetero) is 2. The number of carbonyl (C=O) groups is 10. The molecule has 0 spiro atoms. The van der Waals surface area contributed by atoms with Crippen molar-refractivity contribution in [2.45, 2.75) is 240 Å². The Hall–Kier alpha value is -10.9. The van der Waals surface area contributed by atoms with Gasteiger partial charge in [0.1, 0.15) is 73.2 Å². The van der Waals surface area contributed by atoms with E-state index in [9.17, 15) is 99.6 Å². The molecule has 0 radical (unpaired) electrons. The minimum atomic E-state index is -2.50. The topological polar surface area (TPSA) is 567 Å². The van der Waals surface area contributed by atoms with E-state index in [1.54, 1.807) is 158 Å². The number of aliphatic hydroxyl groups is 12. The highest BCUT2D eigenvalue weighted by Gasteiger charge is 2.81. The molecule has 4 saturated carbocycles. The highest BCUT2D eigenvalue weighted by molar-refractivity contribution is 5.98. The second kappa shape index (κ2) is 41.9. The van der Waals surface area contributed by atoms with Crippen molar-refractivity contribution in [1.29, 1.82) is 0 Å². The lowest BCUT2D eigenvalue weighted by Crippen LogP contribution is -2.82. The van der Waals surface area contributed by atoms with Crippen molar-refractivity contribution in [3.63, 3.8) is 0 Å². The second-order valence-corrected chi connectivity index (χ2v) is 37.4. The van der Waals surface area contributed by atoms with E-state index < -0.39 is 277 Å². The van der Waals surface area contributed by atoms with Gasteiger partial charge in [-0.05, 0) is 110 Å². The molecule has 14 rings (SSSR count). The average molecular weight is 1920 g/mol. The lowest BCUT2D eigenvalue weighted by Gasteiger charge is -2.67. The van der Waals surface area contributed by atoms with Gasteiger partial charge in [-0.3, -0.25) is 28.8 Å². The van der Waals surface area contributed by atoms with Gasteiger partial charge in [0, 0.05) is 75.7 Å². The number of carbonyl (C=O) groups excluding carboxylic acids is 10. The Kier molecular flexibility index (Phi) is 31.7. The lowest BCUT2D eigenvalue weighted by molar-refractivity contribution is -0.368. The molecule has 2 amide bonds. The van der Waals surface area contributed by atoms with Gasteiger partial charge in [0.05, 0.1) is 71.3 Å². The Morgan fingerprint density at radius 1 is 0.449 bits per heavy atom. The standard InChI is InChI=1S/2C50H59NO18/c1-26-31(66-45(61)38(55)36(28-16-10-7-11-17-28)51-42(57)29-18-12-8-13-19-29)23-50(62)41(68-44(60)30-20-14-9-15-21-30)39-48(5,40(56)37(54)35(26)47(50,3)4)32(22-33-49(39,25-65-33)69-27(2)52)67-46(43(58)59)64-24-34(53)63-6;1-26-31(66-44(60)38(56)36(28-16-10-7-11-17-28)51-42(58)29-18-12-8-13-19-29)23-50(62)41(68-43(59)30-20-14-9-15-21-30)39-48(5,40(57)37(55)35(26)47(50,3)4)32(22-33-49(39,25-65-33)69-27(2)52)67-46(45(61)63-6)64-24-34(53)54/h7-21,31-34,36-39,41,43,46,53-55,58-59,62H,22-25H2,1-6H3,(H,51,57);7-21,31-34,36-39,41,45-46,53-56,61-62H,22-25H2,1-6H3,(H,51,58)/t31-,32-,33+,34?,36-,37+,38+,39?,41-,46-,48+,49-,50+;31-,32-,33+,36-,37+,38+,39?,41-,45?,46-,48+,49-,50+/m00/s1. The van der Waals surface area contributed by atoms with Crippen LogP contribution in [0.2, 0.25) is 0 Å². The number of benzene rings is 6. The minimum Gasteiger partial charge on any atom is -0.456 e. The molecule has 4 unspecified atom stereocenters. The number of methoxy groups -OCH3 is 2. The predicted octanol–water partition coefficient (Wildman–Crippen LogP) is 3.61. The van der Waals surface area contributed by atoms with Gasteiger partial charge < -0.3 is 138 Å². The first kappa shape index (κ1) is 104. The van der Waals surface area contributed by atoms with Crippen LogP contribution in [0.5, 0.6) is 0 Å². The molecule has 6 aliphatic carbocycles. The fourth-order valence-electron chi connectivity index (χ4n) is 21.5. The number of hydrogen-bond donors (Lipinski definition) is 14. The summed E-state index contributed by atoms with van der Waals surface area (Å²) < 4.78 is 82.8. The molecule has 14 N–H and O–H groups in total. The SMILES string of the molecule is COC(O)CO[C@@H](O[C@H]1C[C@H]2OC[C@@]2(OC(C)=O)C2[C@H](OC(=O)c3ccccc3)[C@]3(O)C[C@H](OC(=O)[C@H](O)[C@@H](NC(=O)c4ccccc4)c4ccccc4)C(C)=C([C@@H](O)C(=O)[C@@]21C)C3(C)C)C(O)O.COC(O)[C@@H](OCC(O)O)O[C@H]1C[C@H]2OC[C@@]2(OC(C)=O)C2[C@H](OC(=O)c3ccccc3)[C@]3(O)C[C@H](OC(=O)[C@H](O)[C@@H](NC(=O)c4ccccc4)c4ccccc4)C(C)=C([C@@H](O)C(=O)[C@@]21C)C3(C)C. The van der Waals surface area contributed by atoms with Crippen LogP contribution in [0.15, 0.2) is 204 Å². The Morgan fingerprint density at radius 2 is 0.783 bits per heavy atom. The molecule has 0 aromatic heterocycles. The van der Waals surface area contributed by atoms with Crippen molar-refractivity contribution in [3.05, 3.63) is 238 Å². The Morgan fingerprint density at radius 3 is 1.09 bits per heavy atom. The van der Waals surface area contributed by atoms with Gasteiger partial charge in [0.15, 0.2) is 47.6 Å². The summed E-state index contributed by atoms with van der Waals surface area (Å²) in [5.74, 6) is -12.9. The lowest BCUT2D eigenvalue weighted by atomic mass is 9.44. The fourth-order valence-corrected chi connectivity index (χ4v) is 21.5. The number of aliphatic hydroxyl groups excluding tert-OH is 8. The van der Waals surface area contributed by atoms with Crippen LogP contribution in [0.3, 0.4) is 0 Å². The van der Waals surface area contributed by atoms with Crippen molar-refractivity contribution in [1.82, 2.24) is 10.6 Å². The van der Waals surface area contributed by atoms with Crippen LogP contribution in [-0.2, 0) is 95.1 Å². The van der Waals surface area contributed by atoms with Crippen LogP contribution < -0.4 is 10.6 Å². The van der Waals surface area contributed by atoms with Crippen molar-refractivity contribution in [3.8, 4) is 0 Å². The van der Waals surface area contributed by atoms with Gasteiger partial charge in [0.2, 0.25) is 25.2 Å². The summed E-state index contributed by atoms with van der Waals surface area (Å²) in [6.45, 7) is 11.6. The molecule has 744 valence electrons.